The van der Waals surface area contributed by atoms with Gasteiger partial charge in [0.1, 0.15) is 18.4 Å². The monoisotopic (exact) mass is 278 g/mol. The maximum Gasteiger partial charge on any atom is 0.249 e. The summed E-state index contributed by atoms with van der Waals surface area (Å²) in [4.78, 5) is 26.1. The van der Waals surface area contributed by atoms with Crippen molar-refractivity contribution in [3.8, 4) is 0 Å². The Balaban J connectivity index is 1.75. The molecular weight excluding hydrogens is 261 g/mol. The first-order chi connectivity index (χ1) is 9.65. The largest absolute Gasteiger partial charge is 0.343 e. The summed E-state index contributed by atoms with van der Waals surface area (Å²) in [5.41, 5.74) is 0.840. The van der Waals surface area contributed by atoms with Crippen molar-refractivity contribution in [1.29, 1.82) is 0 Å². The second-order valence-electron chi connectivity index (χ2n) is 5.25. The molecular formula is C14H17FN3O2+. The van der Waals surface area contributed by atoms with Crippen molar-refractivity contribution < 1.29 is 19.3 Å². The quantitative estimate of drug-likeness (QED) is 0.702. The second kappa shape index (κ2) is 5.20. The molecule has 2 atom stereocenters. The summed E-state index contributed by atoms with van der Waals surface area (Å²) in [5, 5.41) is 4.83. The van der Waals surface area contributed by atoms with Crippen molar-refractivity contribution in [2.45, 2.75) is 18.5 Å². The van der Waals surface area contributed by atoms with E-state index in [0.29, 0.717) is 19.5 Å². The topological polar surface area (TPSA) is 66.0 Å². The van der Waals surface area contributed by atoms with E-state index in [1.54, 1.807) is 17.0 Å². The molecule has 2 aliphatic heterocycles. The maximum absolute atomic E-state index is 12.9. The molecule has 6 heteroatoms. The van der Waals surface area contributed by atoms with Gasteiger partial charge in [0.2, 0.25) is 11.8 Å². The SMILES string of the molecule is O=C1N[C@@H](Cc2ccc(F)cc2)C(=O)N2CC[NH2+]C[C@@H]12. The van der Waals surface area contributed by atoms with E-state index in [1.165, 1.54) is 12.1 Å². The fraction of sp³-hybridized carbons (Fsp3) is 0.429. The molecule has 1 aromatic carbocycles. The highest BCUT2D eigenvalue weighted by Gasteiger charge is 2.42. The van der Waals surface area contributed by atoms with Crippen molar-refractivity contribution in [1.82, 2.24) is 10.2 Å². The molecule has 3 rings (SSSR count). The molecule has 20 heavy (non-hydrogen) atoms. The van der Waals surface area contributed by atoms with Gasteiger partial charge in [-0.05, 0) is 17.7 Å². The Morgan fingerprint density at radius 1 is 1.30 bits per heavy atom. The molecule has 0 bridgehead atoms. The van der Waals surface area contributed by atoms with Gasteiger partial charge in [-0.3, -0.25) is 9.59 Å². The Morgan fingerprint density at radius 2 is 2.05 bits per heavy atom. The first-order valence-corrected chi connectivity index (χ1v) is 6.82. The summed E-state index contributed by atoms with van der Waals surface area (Å²) in [6, 6.07) is 5.13. The van der Waals surface area contributed by atoms with Crippen LogP contribution in [0.3, 0.4) is 0 Å². The third-order valence-electron chi connectivity index (χ3n) is 3.89. The highest BCUT2D eigenvalue weighted by Crippen LogP contribution is 2.14. The highest BCUT2D eigenvalue weighted by atomic mass is 19.1. The van der Waals surface area contributed by atoms with Gasteiger partial charge in [-0.1, -0.05) is 12.1 Å². The lowest BCUT2D eigenvalue weighted by Crippen LogP contribution is -2.94. The third kappa shape index (κ3) is 2.38. The van der Waals surface area contributed by atoms with Crippen LogP contribution in [0.5, 0.6) is 0 Å². The molecule has 0 aromatic heterocycles. The van der Waals surface area contributed by atoms with Crippen LogP contribution in [0, 0.1) is 5.82 Å². The number of nitrogens with one attached hydrogen (secondary N) is 1. The Morgan fingerprint density at radius 3 is 2.80 bits per heavy atom. The first-order valence-electron chi connectivity index (χ1n) is 6.82. The van der Waals surface area contributed by atoms with Gasteiger partial charge in [-0.15, -0.1) is 0 Å². The van der Waals surface area contributed by atoms with E-state index in [1.807, 2.05) is 5.32 Å². The van der Waals surface area contributed by atoms with E-state index in [4.69, 9.17) is 0 Å². The molecule has 2 amide bonds. The van der Waals surface area contributed by atoms with Crippen LogP contribution in [0.15, 0.2) is 24.3 Å². The van der Waals surface area contributed by atoms with Crippen molar-refractivity contribution in [2.75, 3.05) is 19.6 Å². The molecule has 2 fully saturated rings. The molecule has 0 saturated carbocycles. The van der Waals surface area contributed by atoms with Crippen LogP contribution in [0.4, 0.5) is 4.39 Å². The van der Waals surface area contributed by atoms with E-state index < -0.39 is 6.04 Å². The minimum atomic E-state index is -0.540. The van der Waals surface area contributed by atoms with Gasteiger partial charge in [0.15, 0.2) is 6.04 Å². The average molecular weight is 278 g/mol. The van der Waals surface area contributed by atoms with E-state index in [2.05, 4.69) is 5.32 Å². The number of hydrogen-bond donors (Lipinski definition) is 2. The number of nitrogens with zero attached hydrogens (tertiary/aromatic N) is 1. The molecule has 0 aliphatic carbocycles. The summed E-state index contributed by atoms with van der Waals surface area (Å²) in [5.74, 6) is -0.431. The first kappa shape index (κ1) is 13.1. The molecule has 2 aliphatic rings. The van der Waals surface area contributed by atoms with Crippen LogP contribution in [0.1, 0.15) is 5.56 Å². The average Bonchev–Trinajstić information content (AvgIpc) is 2.47. The molecule has 2 saturated heterocycles. The summed E-state index contributed by atoms with van der Waals surface area (Å²) in [7, 11) is 0. The van der Waals surface area contributed by atoms with E-state index in [-0.39, 0.29) is 23.7 Å². The maximum atomic E-state index is 12.9. The van der Waals surface area contributed by atoms with Crippen molar-refractivity contribution in [2.24, 2.45) is 0 Å². The van der Waals surface area contributed by atoms with Crippen LogP contribution >= 0.6 is 0 Å². The molecule has 106 valence electrons. The Kier molecular flexibility index (Phi) is 3.40. The van der Waals surface area contributed by atoms with Crippen LogP contribution in [-0.4, -0.2) is 48.4 Å². The zero-order chi connectivity index (χ0) is 14.1. The van der Waals surface area contributed by atoms with E-state index in [9.17, 15) is 14.0 Å². The summed E-state index contributed by atoms with van der Waals surface area (Å²) in [6.07, 6.45) is 0.401. The third-order valence-corrected chi connectivity index (χ3v) is 3.89. The van der Waals surface area contributed by atoms with Gasteiger partial charge in [0.05, 0.1) is 13.1 Å². The number of amides is 2. The number of carbonyl (C=O) groups excluding carboxylic acids is 2. The zero-order valence-corrected chi connectivity index (χ0v) is 11.0. The van der Waals surface area contributed by atoms with Gasteiger partial charge in [-0.25, -0.2) is 4.39 Å². The van der Waals surface area contributed by atoms with E-state index in [0.717, 1.165) is 12.1 Å². The Labute approximate surface area is 116 Å². The van der Waals surface area contributed by atoms with Crippen molar-refractivity contribution >= 4 is 11.8 Å². The molecule has 2 heterocycles. The molecule has 1 aromatic rings. The fourth-order valence-corrected chi connectivity index (χ4v) is 2.83. The molecule has 3 N–H and O–H groups in total. The van der Waals surface area contributed by atoms with Crippen molar-refractivity contribution in [3.05, 3.63) is 35.6 Å². The highest BCUT2D eigenvalue weighted by molar-refractivity contribution is 5.97. The number of benzene rings is 1. The van der Waals surface area contributed by atoms with Crippen LogP contribution in [0.2, 0.25) is 0 Å². The molecule has 0 unspecified atom stereocenters. The van der Waals surface area contributed by atoms with Gasteiger partial charge in [0.25, 0.3) is 0 Å². The molecule has 0 spiro atoms. The summed E-state index contributed by atoms with van der Waals surface area (Å²) >= 11 is 0. The number of nitrogens with two attached hydrogens (primary N) is 1. The predicted octanol–water partition coefficient (Wildman–Crippen LogP) is -1.36. The molecule has 5 nitrogen and oxygen atoms in total. The van der Waals surface area contributed by atoms with Crippen LogP contribution < -0.4 is 10.6 Å². The van der Waals surface area contributed by atoms with Crippen molar-refractivity contribution in [3.63, 3.8) is 0 Å². The van der Waals surface area contributed by atoms with Gasteiger partial charge < -0.3 is 15.5 Å². The lowest BCUT2D eigenvalue weighted by atomic mass is 9.99. The number of hydrogen-bond acceptors (Lipinski definition) is 2. The van der Waals surface area contributed by atoms with Crippen LogP contribution in [-0.2, 0) is 16.0 Å². The number of carbonyl (C=O) groups is 2. The van der Waals surface area contributed by atoms with Gasteiger partial charge >= 0.3 is 0 Å². The van der Waals surface area contributed by atoms with Gasteiger partial charge in [0, 0.05) is 6.42 Å². The number of piperazine rings is 2. The zero-order valence-electron chi connectivity index (χ0n) is 11.0. The van der Waals surface area contributed by atoms with E-state index >= 15 is 0 Å². The minimum Gasteiger partial charge on any atom is -0.343 e. The smallest absolute Gasteiger partial charge is 0.249 e. The Hall–Kier alpha value is -1.95. The number of quaternary nitrogens is 1. The number of rotatable bonds is 2. The van der Waals surface area contributed by atoms with Crippen LogP contribution in [0.25, 0.3) is 0 Å². The summed E-state index contributed by atoms with van der Waals surface area (Å²) in [6.45, 7) is 2.07. The predicted molar refractivity (Wildman–Crippen MR) is 69.2 cm³/mol. The normalized spacial score (nSPS) is 26.1. The summed E-state index contributed by atoms with van der Waals surface area (Å²) < 4.78 is 12.9. The minimum absolute atomic E-state index is 0.0352. The second-order valence-corrected chi connectivity index (χ2v) is 5.25. The Bertz CT molecular complexity index is 532. The van der Waals surface area contributed by atoms with Gasteiger partial charge in [-0.2, -0.15) is 0 Å². The standard InChI is InChI=1S/C14H16FN3O2/c15-10-3-1-9(2-4-10)7-11-14(20)18-6-5-16-8-12(18)13(19)17-11/h1-4,11-12,16H,5-8H2,(H,17,19)/p+1/t11-,12-/m0/s1. The fourth-order valence-electron chi connectivity index (χ4n) is 2.83. The lowest BCUT2D eigenvalue weighted by Gasteiger charge is -2.40. The number of halogens is 1. The lowest BCUT2D eigenvalue weighted by molar-refractivity contribution is -0.665. The molecule has 0 radical (unpaired) electrons. The number of fused-ring (bicyclic) bond motifs is 1.